The van der Waals surface area contributed by atoms with Crippen LogP contribution in [0.25, 0.3) is 0 Å². The molecule has 1 aromatic rings. The van der Waals surface area contributed by atoms with Gasteiger partial charge in [0.25, 0.3) is 5.91 Å². The smallest absolute Gasteiger partial charge is 0.422 e. The van der Waals surface area contributed by atoms with E-state index in [-0.39, 0.29) is 6.92 Å². The van der Waals surface area contributed by atoms with Crippen LogP contribution in [0.5, 0.6) is 0 Å². The van der Waals surface area contributed by atoms with Crippen LogP contribution in [0, 0.1) is 11.8 Å². The number of carboxylic acid groups (broad SMARTS) is 1. The quantitative estimate of drug-likeness (QED) is 0.654. The second-order valence-electron chi connectivity index (χ2n) is 3.85. The number of amides is 1. The van der Waals surface area contributed by atoms with Crippen molar-refractivity contribution in [2.24, 2.45) is 0 Å². The summed E-state index contributed by atoms with van der Waals surface area (Å²) in [5, 5.41) is 9.69. The average Bonchev–Trinajstić information content (AvgIpc) is 2.30. The van der Waals surface area contributed by atoms with Gasteiger partial charge in [-0.25, -0.2) is 14.2 Å². The molecule has 0 aromatic carbocycles. The summed E-state index contributed by atoms with van der Waals surface area (Å²) in [5.74, 6) is -7.60. The van der Waals surface area contributed by atoms with Gasteiger partial charge in [0.1, 0.15) is 0 Å². The molecular formula is C10H7F5N2O3. The number of carbonyl (C=O) groups is 2. The maximum atomic E-state index is 13.2. The van der Waals surface area contributed by atoms with Crippen LogP contribution in [-0.2, 0) is 4.79 Å². The van der Waals surface area contributed by atoms with E-state index in [1.807, 2.05) is 0 Å². The molecule has 0 aliphatic carbocycles. The van der Waals surface area contributed by atoms with Crippen molar-refractivity contribution in [3.8, 4) is 0 Å². The van der Waals surface area contributed by atoms with Gasteiger partial charge >= 0.3 is 12.1 Å². The lowest BCUT2D eigenvalue weighted by Gasteiger charge is -2.28. The van der Waals surface area contributed by atoms with Crippen molar-refractivity contribution < 1.29 is 36.6 Å². The number of rotatable bonds is 3. The molecule has 1 aromatic heterocycles. The summed E-state index contributed by atoms with van der Waals surface area (Å²) in [6.07, 6.45) is -4.68. The van der Waals surface area contributed by atoms with E-state index in [1.54, 1.807) is 0 Å². The largest absolute Gasteiger partial charge is 0.479 e. The fourth-order valence-electron chi connectivity index (χ4n) is 1.13. The molecule has 110 valence electrons. The first-order valence-corrected chi connectivity index (χ1v) is 4.93. The molecule has 0 radical (unpaired) electrons. The van der Waals surface area contributed by atoms with Crippen LogP contribution < -0.4 is 5.32 Å². The Morgan fingerprint density at radius 2 is 1.85 bits per heavy atom. The number of carboxylic acids is 1. The number of pyridine rings is 1. The van der Waals surface area contributed by atoms with Crippen LogP contribution in [0.4, 0.5) is 22.0 Å². The molecule has 0 fully saturated rings. The van der Waals surface area contributed by atoms with Crippen molar-refractivity contribution in [3.63, 3.8) is 0 Å². The first kappa shape index (κ1) is 15.8. The molecule has 1 rings (SSSR count). The maximum Gasteiger partial charge on any atom is 0.422 e. The lowest BCUT2D eigenvalue weighted by atomic mass is 10.0. The van der Waals surface area contributed by atoms with Gasteiger partial charge in [-0.1, -0.05) is 0 Å². The van der Waals surface area contributed by atoms with Crippen LogP contribution in [0.15, 0.2) is 12.3 Å². The fourth-order valence-corrected chi connectivity index (χ4v) is 1.13. The molecule has 1 atom stereocenters. The summed E-state index contributed by atoms with van der Waals surface area (Å²) in [4.78, 5) is 25.0. The topological polar surface area (TPSA) is 79.3 Å². The molecule has 20 heavy (non-hydrogen) atoms. The molecular weight excluding hydrogens is 291 g/mol. The van der Waals surface area contributed by atoms with Crippen molar-refractivity contribution in [2.45, 2.75) is 18.6 Å². The standard InChI is InChI=1S/C10H7F5N2O3/c1-9(8(19)20,10(13,14)15)17-7(18)4-2-3-16-6(12)5(4)11/h2-3H,1H3,(H,17,18)(H,19,20). The van der Waals surface area contributed by atoms with Crippen molar-refractivity contribution in [1.82, 2.24) is 10.3 Å². The molecule has 10 heteroatoms. The number of hydrogen-bond acceptors (Lipinski definition) is 3. The number of carbonyl (C=O) groups excluding carboxylic acids is 1. The van der Waals surface area contributed by atoms with Gasteiger partial charge in [-0.2, -0.15) is 17.6 Å². The molecule has 1 unspecified atom stereocenters. The highest BCUT2D eigenvalue weighted by Crippen LogP contribution is 2.30. The van der Waals surface area contributed by atoms with E-state index in [1.165, 1.54) is 0 Å². The Morgan fingerprint density at radius 1 is 1.30 bits per heavy atom. The Kier molecular flexibility index (Phi) is 3.97. The minimum absolute atomic E-state index is 0.183. The summed E-state index contributed by atoms with van der Waals surface area (Å²) in [7, 11) is 0. The molecule has 0 aliphatic heterocycles. The predicted octanol–water partition coefficient (Wildman–Crippen LogP) is 1.50. The van der Waals surface area contributed by atoms with E-state index in [0.29, 0.717) is 12.3 Å². The Balaban J connectivity index is 3.17. The van der Waals surface area contributed by atoms with E-state index in [2.05, 4.69) is 4.98 Å². The minimum Gasteiger partial charge on any atom is -0.479 e. The van der Waals surface area contributed by atoms with Gasteiger partial charge in [0.05, 0.1) is 5.56 Å². The number of aliphatic carboxylic acids is 1. The van der Waals surface area contributed by atoms with Gasteiger partial charge in [0, 0.05) is 6.20 Å². The normalized spacial score (nSPS) is 14.5. The summed E-state index contributed by atoms with van der Waals surface area (Å²) in [6.45, 7) is 0.183. The zero-order valence-corrected chi connectivity index (χ0v) is 9.76. The lowest BCUT2D eigenvalue weighted by Crippen LogP contribution is -2.62. The van der Waals surface area contributed by atoms with E-state index in [0.717, 1.165) is 5.32 Å². The maximum absolute atomic E-state index is 13.2. The molecule has 0 saturated carbocycles. The average molecular weight is 298 g/mol. The summed E-state index contributed by atoms with van der Waals surface area (Å²) < 4.78 is 63.9. The highest BCUT2D eigenvalue weighted by Gasteiger charge is 2.58. The second-order valence-corrected chi connectivity index (χ2v) is 3.85. The number of nitrogens with one attached hydrogen (secondary N) is 1. The van der Waals surface area contributed by atoms with Gasteiger partial charge in [0.15, 0.2) is 5.82 Å². The second kappa shape index (κ2) is 5.02. The number of halogens is 5. The molecule has 0 saturated heterocycles. The van der Waals surface area contributed by atoms with Crippen molar-refractivity contribution in [3.05, 3.63) is 29.6 Å². The minimum atomic E-state index is -5.34. The predicted molar refractivity (Wildman–Crippen MR) is 53.7 cm³/mol. The van der Waals surface area contributed by atoms with E-state index >= 15 is 0 Å². The van der Waals surface area contributed by atoms with Crippen LogP contribution in [-0.4, -0.2) is 33.7 Å². The molecule has 0 bridgehead atoms. The van der Waals surface area contributed by atoms with Gasteiger partial charge in [-0.3, -0.25) is 4.79 Å². The first-order chi connectivity index (χ1) is 9.00. The zero-order chi connectivity index (χ0) is 15.7. The van der Waals surface area contributed by atoms with E-state index in [4.69, 9.17) is 5.11 Å². The summed E-state index contributed by atoms with van der Waals surface area (Å²) >= 11 is 0. The number of hydrogen-bond donors (Lipinski definition) is 2. The van der Waals surface area contributed by atoms with Gasteiger partial charge in [0.2, 0.25) is 11.5 Å². The van der Waals surface area contributed by atoms with E-state index in [9.17, 15) is 31.5 Å². The van der Waals surface area contributed by atoms with Crippen molar-refractivity contribution in [1.29, 1.82) is 0 Å². The zero-order valence-electron chi connectivity index (χ0n) is 9.76. The number of aromatic nitrogens is 1. The molecule has 0 aliphatic rings. The number of nitrogens with zero attached hydrogens (tertiary/aromatic N) is 1. The Labute approximate surface area is 108 Å². The molecule has 5 nitrogen and oxygen atoms in total. The van der Waals surface area contributed by atoms with E-state index < -0.39 is 40.9 Å². The summed E-state index contributed by atoms with van der Waals surface area (Å²) in [6, 6.07) is 0.617. The number of alkyl halides is 3. The third kappa shape index (κ3) is 2.68. The lowest BCUT2D eigenvalue weighted by molar-refractivity contribution is -0.203. The Bertz CT molecular complexity index is 560. The molecule has 2 N–H and O–H groups in total. The molecule has 0 spiro atoms. The van der Waals surface area contributed by atoms with Gasteiger partial charge in [-0.05, 0) is 13.0 Å². The molecule has 1 heterocycles. The SMILES string of the molecule is CC(NC(=O)c1ccnc(F)c1F)(C(=O)O)C(F)(F)F. The van der Waals surface area contributed by atoms with Crippen LogP contribution >= 0.6 is 0 Å². The van der Waals surface area contributed by atoms with Crippen molar-refractivity contribution in [2.75, 3.05) is 0 Å². The van der Waals surface area contributed by atoms with Crippen LogP contribution in [0.1, 0.15) is 17.3 Å². The van der Waals surface area contributed by atoms with Crippen LogP contribution in [0.2, 0.25) is 0 Å². The van der Waals surface area contributed by atoms with Gasteiger partial charge in [-0.15, -0.1) is 0 Å². The van der Waals surface area contributed by atoms with Crippen molar-refractivity contribution >= 4 is 11.9 Å². The monoisotopic (exact) mass is 298 g/mol. The molecule has 1 amide bonds. The summed E-state index contributed by atoms with van der Waals surface area (Å²) in [5.41, 5.74) is -4.73. The Hall–Kier alpha value is -2.26. The third-order valence-corrected chi connectivity index (χ3v) is 2.45. The first-order valence-electron chi connectivity index (χ1n) is 4.93. The third-order valence-electron chi connectivity index (χ3n) is 2.45. The van der Waals surface area contributed by atoms with Crippen LogP contribution in [0.3, 0.4) is 0 Å². The van der Waals surface area contributed by atoms with Gasteiger partial charge < -0.3 is 10.4 Å². The Morgan fingerprint density at radius 3 is 2.30 bits per heavy atom. The highest BCUT2D eigenvalue weighted by atomic mass is 19.4. The highest BCUT2D eigenvalue weighted by molar-refractivity contribution is 5.98. The fraction of sp³-hybridized carbons (Fsp3) is 0.300.